The van der Waals surface area contributed by atoms with Crippen molar-refractivity contribution in [3.05, 3.63) is 30.1 Å². The molecule has 2 rings (SSSR count). The molecule has 2 N–H and O–H groups in total. The molecule has 1 heterocycles. The van der Waals surface area contributed by atoms with Crippen LogP contribution in [0.3, 0.4) is 0 Å². The van der Waals surface area contributed by atoms with Gasteiger partial charge in [-0.2, -0.15) is 0 Å². The molecular weight excluding hydrogens is 220 g/mol. The lowest BCUT2D eigenvalue weighted by Gasteiger charge is -2.32. The Morgan fingerprint density at radius 2 is 2.25 bits per heavy atom. The van der Waals surface area contributed by atoms with Crippen LogP contribution in [-0.2, 0) is 0 Å². The third-order valence-corrected chi connectivity index (χ3v) is 3.28. The minimum absolute atomic E-state index is 0.0957. The molecule has 86 valence electrons. The molecule has 0 fully saturated rings. The molecule has 0 radical (unpaired) electrons. The maximum atomic E-state index is 6.26. The number of hydrogen-bond donors (Lipinski definition) is 1. The smallest absolute Gasteiger partial charge is 0.0527 e. The van der Waals surface area contributed by atoms with Crippen molar-refractivity contribution in [2.75, 3.05) is 5.73 Å². The number of pyridine rings is 1. The fraction of sp³-hybridized carbons (Fsp3) is 0.462. The van der Waals surface area contributed by atoms with Gasteiger partial charge in [0.05, 0.1) is 5.38 Å². The summed E-state index contributed by atoms with van der Waals surface area (Å²) < 4.78 is 0. The Morgan fingerprint density at radius 1 is 1.50 bits per heavy atom. The molecular formula is C13H17ClN2. The molecule has 16 heavy (non-hydrogen) atoms. The second-order valence-corrected chi connectivity index (χ2v) is 5.78. The summed E-state index contributed by atoms with van der Waals surface area (Å²) in [5.74, 6) is 0. The molecule has 0 bridgehead atoms. The number of nitrogen functional groups attached to an aromatic ring is 1. The third kappa shape index (κ3) is 2.38. The van der Waals surface area contributed by atoms with Crippen LogP contribution in [0.5, 0.6) is 0 Å². The molecule has 0 spiro atoms. The van der Waals surface area contributed by atoms with Gasteiger partial charge in [-0.15, -0.1) is 11.6 Å². The van der Waals surface area contributed by atoms with E-state index in [-0.39, 0.29) is 10.8 Å². The first-order valence-corrected chi connectivity index (χ1v) is 5.96. The largest absolute Gasteiger partial charge is 0.398 e. The molecule has 1 aromatic rings. The highest BCUT2D eigenvalue weighted by atomic mass is 35.5. The fourth-order valence-corrected chi connectivity index (χ4v) is 2.88. The zero-order valence-electron chi connectivity index (χ0n) is 9.70. The Kier molecular flexibility index (Phi) is 2.94. The highest BCUT2D eigenvalue weighted by Crippen LogP contribution is 2.42. The SMILES string of the molecule is CC1(C)CC(c2cnccc2N)=CC(Cl)C1. The lowest BCUT2D eigenvalue weighted by molar-refractivity contribution is 0.340. The van der Waals surface area contributed by atoms with Crippen LogP contribution in [0.2, 0.25) is 0 Å². The van der Waals surface area contributed by atoms with E-state index in [4.69, 9.17) is 17.3 Å². The molecule has 0 aliphatic heterocycles. The Balaban J connectivity index is 2.38. The van der Waals surface area contributed by atoms with Crippen LogP contribution in [0.25, 0.3) is 5.57 Å². The summed E-state index contributed by atoms with van der Waals surface area (Å²) in [7, 11) is 0. The summed E-state index contributed by atoms with van der Waals surface area (Å²) in [5.41, 5.74) is 9.23. The number of allylic oxidation sites excluding steroid dienone is 2. The van der Waals surface area contributed by atoms with Gasteiger partial charge in [0.2, 0.25) is 0 Å². The van der Waals surface area contributed by atoms with Gasteiger partial charge in [0.25, 0.3) is 0 Å². The minimum Gasteiger partial charge on any atom is -0.398 e. The maximum Gasteiger partial charge on any atom is 0.0527 e. The topological polar surface area (TPSA) is 38.9 Å². The molecule has 2 nitrogen and oxygen atoms in total. The second-order valence-electron chi connectivity index (χ2n) is 5.22. The van der Waals surface area contributed by atoms with Crippen LogP contribution >= 0.6 is 11.6 Å². The van der Waals surface area contributed by atoms with Crippen LogP contribution in [0.1, 0.15) is 32.3 Å². The Hall–Kier alpha value is -1.02. The quantitative estimate of drug-likeness (QED) is 0.759. The van der Waals surface area contributed by atoms with Crippen molar-refractivity contribution in [2.24, 2.45) is 5.41 Å². The van der Waals surface area contributed by atoms with Crippen molar-refractivity contribution in [1.82, 2.24) is 4.98 Å². The molecule has 0 amide bonds. The van der Waals surface area contributed by atoms with Crippen molar-refractivity contribution in [2.45, 2.75) is 32.1 Å². The fourth-order valence-electron chi connectivity index (χ4n) is 2.31. The number of nitrogens with zero attached hydrogens (tertiary/aromatic N) is 1. The minimum atomic E-state index is 0.0957. The van der Waals surface area contributed by atoms with E-state index in [0.29, 0.717) is 0 Å². The highest BCUT2D eigenvalue weighted by Gasteiger charge is 2.28. The van der Waals surface area contributed by atoms with Crippen LogP contribution in [0.4, 0.5) is 5.69 Å². The van der Waals surface area contributed by atoms with Crippen molar-refractivity contribution >= 4 is 22.9 Å². The molecule has 1 aliphatic carbocycles. The molecule has 1 aromatic heterocycles. The molecule has 1 unspecified atom stereocenters. The van der Waals surface area contributed by atoms with Crippen molar-refractivity contribution in [3.8, 4) is 0 Å². The average molecular weight is 237 g/mol. The number of nitrogens with two attached hydrogens (primary N) is 1. The summed E-state index contributed by atoms with van der Waals surface area (Å²) in [6, 6.07) is 1.83. The van der Waals surface area contributed by atoms with E-state index in [1.807, 2.05) is 12.3 Å². The highest BCUT2D eigenvalue weighted by molar-refractivity contribution is 6.22. The van der Waals surface area contributed by atoms with Gasteiger partial charge >= 0.3 is 0 Å². The van der Waals surface area contributed by atoms with Crippen LogP contribution < -0.4 is 5.73 Å². The van der Waals surface area contributed by atoms with E-state index in [1.54, 1.807) is 6.20 Å². The third-order valence-electron chi connectivity index (χ3n) is 3.00. The van der Waals surface area contributed by atoms with Gasteiger partial charge in [0.15, 0.2) is 0 Å². The van der Waals surface area contributed by atoms with Gasteiger partial charge in [0.1, 0.15) is 0 Å². The van der Waals surface area contributed by atoms with Gasteiger partial charge in [-0.25, -0.2) is 0 Å². The molecule has 1 aliphatic rings. The number of alkyl halides is 1. The summed E-state index contributed by atoms with van der Waals surface area (Å²) in [6.45, 7) is 4.48. The van der Waals surface area contributed by atoms with Gasteiger partial charge < -0.3 is 5.73 Å². The number of halogens is 1. The van der Waals surface area contributed by atoms with Gasteiger partial charge in [-0.1, -0.05) is 19.9 Å². The molecule has 0 aromatic carbocycles. The van der Waals surface area contributed by atoms with E-state index < -0.39 is 0 Å². The molecule has 0 saturated carbocycles. The number of hydrogen-bond acceptors (Lipinski definition) is 2. The summed E-state index contributed by atoms with van der Waals surface area (Å²) in [6.07, 6.45) is 7.67. The zero-order valence-corrected chi connectivity index (χ0v) is 10.5. The summed E-state index contributed by atoms with van der Waals surface area (Å²) >= 11 is 6.26. The summed E-state index contributed by atoms with van der Waals surface area (Å²) in [4.78, 5) is 4.13. The van der Waals surface area contributed by atoms with E-state index in [0.717, 1.165) is 24.1 Å². The zero-order chi connectivity index (χ0) is 11.8. The molecule has 3 heteroatoms. The van der Waals surface area contributed by atoms with Crippen LogP contribution in [0.15, 0.2) is 24.5 Å². The second kappa shape index (κ2) is 4.10. The van der Waals surface area contributed by atoms with Crippen molar-refractivity contribution in [3.63, 3.8) is 0 Å². The van der Waals surface area contributed by atoms with E-state index >= 15 is 0 Å². The van der Waals surface area contributed by atoms with Crippen LogP contribution in [-0.4, -0.2) is 10.4 Å². The van der Waals surface area contributed by atoms with E-state index in [2.05, 4.69) is 24.9 Å². The number of aromatic nitrogens is 1. The monoisotopic (exact) mass is 236 g/mol. The van der Waals surface area contributed by atoms with Gasteiger partial charge in [-0.3, -0.25) is 4.98 Å². The molecule has 1 atom stereocenters. The Morgan fingerprint density at radius 3 is 2.88 bits per heavy atom. The Labute approximate surface area is 102 Å². The predicted octanol–water partition coefficient (Wildman–Crippen LogP) is 3.47. The van der Waals surface area contributed by atoms with Gasteiger partial charge in [-0.05, 0) is 29.9 Å². The van der Waals surface area contributed by atoms with Crippen molar-refractivity contribution in [1.29, 1.82) is 0 Å². The maximum absolute atomic E-state index is 6.26. The first-order chi connectivity index (χ1) is 7.48. The normalized spacial score (nSPS) is 23.9. The van der Waals surface area contributed by atoms with Crippen molar-refractivity contribution < 1.29 is 0 Å². The number of rotatable bonds is 1. The van der Waals surface area contributed by atoms with E-state index in [9.17, 15) is 0 Å². The van der Waals surface area contributed by atoms with Crippen LogP contribution in [0, 0.1) is 5.41 Å². The lowest BCUT2D eigenvalue weighted by Crippen LogP contribution is -2.22. The Bertz CT molecular complexity index is 424. The standard InChI is InChI=1S/C13H17ClN2/c1-13(2)6-9(5-10(14)7-13)11-8-16-4-3-12(11)15/h3-5,8,10H,6-7H2,1-2H3,(H2,15,16). The lowest BCUT2D eigenvalue weighted by atomic mass is 9.75. The van der Waals surface area contributed by atoms with E-state index in [1.165, 1.54) is 5.57 Å². The summed E-state index contributed by atoms with van der Waals surface area (Å²) in [5, 5.41) is 0.0957. The first-order valence-electron chi connectivity index (χ1n) is 5.52. The van der Waals surface area contributed by atoms with Gasteiger partial charge in [0, 0.05) is 23.6 Å². The first kappa shape index (κ1) is 11.5. The number of anilines is 1. The predicted molar refractivity (Wildman–Crippen MR) is 69.3 cm³/mol. The average Bonchev–Trinajstić information content (AvgIpc) is 2.15. The molecule has 0 saturated heterocycles.